The van der Waals surface area contributed by atoms with Gasteiger partial charge in [-0.15, -0.1) is 0 Å². The van der Waals surface area contributed by atoms with E-state index in [1.54, 1.807) is 10.8 Å². The normalized spacial score (nSPS) is 11.3. The number of fused-ring (bicyclic) bond motifs is 1. The lowest BCUT2D eigenvalue weighted by atomic mass is 10.1. The van der Waals surface area contributed by atoms with Crippen LogP contribution in [0.15, 0.2) is 67.1 Å². The molecular formula is C24H23N7. The van der Waals surface area contributed by atoms with Crippen LogP contribution in [0.3, 0.4) is 0 Å². The van der Waals surface area contributed by atoms with Crippen LogP contribution in [0.1, 0.15) is 22.6 Å². The average Bonchev–Trinajstić information content (AvgIpc) is 3.40. The van der Waals surface area contributed by atoms with E-state index in [9.17, 15) is 0 Å². The molecule has 7 nitrogen and oxygen atoms in total. The molecule has 5 aromatic rings. The molecule has 31 heavy (non-hydrogen) atoms. The highest BCUT2D eigenvalue weighted by atomic mass is 15.3. The third-order valence-electron chi connectivity index (χ3n) is 5.15. The maximum absolute atomic E-state index is 4.91. The number of hydrogen-bond acceptors (Lipinski definition) is 5. The molecule has 0 fully saturated rings. The zero-order valence-corrected chi connectivity index (χ0v) is 17.5. The molecule has 7 heteroatoms. The molecule has 2 N–H and O–H groups in total. The molecule has 0 aliphatic heterocycles. The van der Waals surface area contributed by atoms with Crippen molar-refractivity contribution >= 4 is 5.65 Å². The minimum atomic E-state index is 0.623. The summed E-state index contributed by atoms with van der Waals surface area (Å²) in [6.07, 6.45) is 3.50. The fourth-order valence-corrected chi connectivity index (χ4v) is 3.69. The third kappa shape index (κ3) is 4.08. The highest BCUT2D eigenvalue weighted by Gasteiger charge is 2.16. The van der Waals surface area contributed by atoms with E-state index < -0.39 is 0 Å². The summed E-state index contributed by atoms with van der Waals surface area (Å²) in [5, 5.41) is 7.74. The molecule has 0 saturated heterocycles. The van der Waals surface area contributed by atoms with Crippen LogP contribution in [-0.2, 0) is 13.1 Å². The molecule has 0 amide bonds. The first-order chi connectivity index (χ1) is 15.2. The van der Waals surface area contributed by atoms with Gasteiger partial charge in [0.15, 0.2) is 5.65 Å². The molecule has 0 saturated carbocycles. The van der Waals surface area contributed by atoms with Gasteiger partial charge in [0, 0.05) is 24.0 Å². The van der Waals surface area contributed by atoms with Crippen LogP contribution in [0.5, 0.6) is 0 Å². The number of nitrogens with zero attached hydrogens (tertiary/aromatic N) is 5. The fourth-order valence-electron chi connectivity index (χ4n) is 3.69. The summed E-state index contributed by atoms with van der Waals surface area (Å²) in [5.41, 5.74) is 7.85. The Balaban J connectivity index is 1.47. The van der Waals surface area contributed by atoms with Crippen LogP contribution in [0.2, 0.25) is 0 Å². The van der Waals surface area contributed by atoms with Gasteiger partial charge >= 0.3 is 0 Å². The first kappa shape index (κ1) is 19.1. The van der Waals surface area contributed by atoms with E-state index in [0.29, 0.717) is 6.54 Å². The maximum Gasteiger partial charge on any atom is 0.155 e. The molecule has 5 rings (SSSR count). The van der Waals surface area contributed by atoms with E-state index in [4.69, 9.17) is 9.97 Å². The molecule has 0 radical (unpaired) electrons. The quantitative estimate of drug-likeness (QED) is 0.441. The molecule has 0 unspecified atom stereocenters. The first-order valence-corrected chi connectivity index (χ1v) is 10.2. The van der Waals surface area contributed by atoms with Crippen molar-refractivity contribution in [3.63, 3.8) is 0 Å². The van der Waals surface area contributed by atoms with Crippen LogP contribution < -0.4 is 5.32 Å². The predicted octanol–water partition coefficient (Wildman–Crippen LogP) is 4.09. The Morgan fingerprint density at radius 2 is 1.87 bits per heavy atom. The van der Waals surface area contributed by atoms with Gasteiger partial charge < -0.3 is 10.3 Å². The highest BCUT2D eigenvalue weighted by molar-refractivity contribution is 5.77. The second-order valence-corrected chi connectivity index (χ2v) is 7.64. The van der Waals surface area contributed by atoms with Gasteiger partial charge in [-0.05, 0) is 43.7 Å². The number of H-pyrrole nitrogens is 1. The lowest BCUT2D eigenvalue weighted by Crippen LogP contribution is -2.13. The number of imidazole rings is 1. The van der Waals surface area contributed by atoms with Gasteiger partial charge in [0.2, 0.25) is 0 Å². The van der Waals surface area contributed by atoms with Crippen LogP contribution in [-0.4, -0.2) is 29.5 Å². The molecular weight excluding hydrogens is 386 g/mol. The Morgan fingerprint density at radius 3 is 2.74 bits per heavy atom. The fraction of sp³-hybridized carbons (Fsp3) is 0.167. The molecule has 154 valence electrons. The Kier molecular flexibility index (Phi) is 5.01. The predicted molar refractivity (Wildman–Crippen MR) is 120 cm³/mol. The van der Waals surface area contributed by atoms with Crippen LogP contribution in [0, 0.1) is 13.8 Å². The Morgan fingerprint density at radius 1 is 0.968 bits per heavy atom. The number of aromatic nitrogens is 6. The second-order valence-electron chi connectivity index (χ2n) is 7.64. The van der Waals surface area contributed by atoms with E-state index in [1.807, 2.05) is 43.5 Å². The molecule has 0 spiro atoms. The minimum absolute atomic E-state index is 0.623. The summed E-state index contributed by atoms with van der Waals surface area (Å²) in [5.74, 6) is 0.861. The SMILES string of the molecule is Cc1cccc(CNCc2nc(-c3ccc4ncnn4c3)c(-c3cccc(C)n3)[nH]2)c1. The number of benzene rings is 1. The molecule has 0 aliphatic rings. The van der Waals surface area contributed by atoms with Crippen LogP contribution in [0.4, 0.5) is 0 Å². The summed E-state index contributed by atoms with van der Waals surface area (Å²) in [4.78, 5) is 17.3. The van der Waals surface area contributed by atoms with E-state index in [2.05, 4.69) is 51.6 Å². The number of aryl methyl sites for hydroxylation is 2. The molecule has 4 aromatic heterocycles. The summed E-state index contributed by atoms with van der Waals surface area (Å²) in [7, 11) is 0. The van der Waals surface area contributed by atoms with Gasteiger partial charge in [-0.2, -0.15) is 5.10 Å². The largest absolute Gasteiger partial charge is 0.339 e. The lowest BCUT2D eigenvalue weighted by Gasteiger charge is -2.04. The molecule has 4 heterocycles. The smallest absolute Gasteiger partial charge is 0.155 e. The van der Waals surface area contributed by atoms with Crippen molar-refractivity contribution in [1.29, 1.82) is 0 Å². The summed E-state index contributed by atoms with van der Waals surface area (Å²) in [6, 6.07) is 18.5. The maximum atomic E-state index is 4.91. The number of nitrogens with one attached hydrogen (secondary N) is 2. The number of pyridine rings is 2. The van der Waals surface area contributed by atoms with Crippen LogP contribution >= 0.6 is 0 Å². The number of rotatable bonds is 6. The van der Waals surface area contributed by atoms with E-state index in [-0.39, 0.29) is 0 Å². The third-order valence-corrected chi connectivity index (χ3v) is 5.15. The zero-order chi connectivity index (χ0) is 21.2. The van der Waals surface area contributed by atoms with Crippen molar-refractivity contribution in [3.05, 3.63) is 89.8 Å². The van der Waals surface area contributed by atoms with Gasteiger partial charge in [-0.3, -0.25) is 4.98 Å². The van der Waals surface area contributed by atoms with Crippen molar-refractivity contribution < 1.29 is 0 Å². The van der Waals surface area contributed by atoms with Gasteiger partial charge in [-0.1, -0.05) is 35.9 Å². The highest BCUT2D eigenvalue weighted by Crippen LogP contribution is 2.29. The van der Waals surface area contributed by atoms with E-state index in [1.165, 1.54) is 11.1 Å². The van der Waals surface area contributed by atoms with Gasteiger partial charge in [0.05, 0.1) is 23.6 Å². The van der Waals surface area contributed by atoms with Crippen molar-refractivity contribution in [3.8, 4) is 22.6 Å². The van der Waals surface area contributed by atoms with Crippen molar-refractivity contribution in [2.24, 2.45) is 0 Å². The van der Waals surface area contributed by atoms with Gasteiger partial charge in [0.1, 0.15) is 12.2 Å². The topological polar surface area (TPSA) is 83.8 Å². The van der Waals surface area contributed by atoms with Crippen molar-refractivity contribution in [1.82, 2.24) is 34.9 Å². The first-order valence-electron chi connectivity index (χ1n) is 10.2. The number of aromatic amines is 1. The molecule has 1 aromatic carbocycles. The molecule has 0 bridgehead atoms. The lowest BCUT2D eigenvalue weighted by molar-refractivity contribution is 0.669. The van der Waals surface area contributed by atoms with Gasteiger partial charge in [0.25, 0.3) is 0 Å². The van der Waals surface area contributed by atoms with Crippen LogP contribution in [0.25, 0.3) is 28.3 Å². The standard InChI is InChI=1S/C24H23N7/c1-16-5-3-7-18(11-16)12-25-13-21-29-23(19-9-10-22-26-15-27-31(22)14-19)24(30-21)20-8-4-6-17(2)28-20/h3-11,14-15,25H,12-13H2,1-2H3,(H,29,30). The number of hydrogen-bond donors (Lipinski definition) is 2. The monoisotopic (exact) mass is 409 g/mol. The van der Waals surface area contributed by atoms with Gasteiger partial charge in [-0.25, -0.2) is 14.5 Å². The Bertz CT molecular complexity index is 1350. The van der Waals surface area contributed by atoms with E-state index >= 15 is 0 Å². The summed E-state index contributed by atoms with van der Waals surface area (Å²) < 4.78 is 1.76. The molecule has 0 aliphatic carbocycles. The van der Waals surface area contributed by atoms with Crippen molar-refractivity contribution in [2.45, 2.75) is 26.9 Å². The summed E-state index contributed by atoms with van der Waals surface area (Å²) >= 11 is 0. The summed E-state index contributed by atoms with van der Waals surface area (Å²) in [6.45, 7) is 5.50. The Labute approximate surface area is 180 Å². The minimum Gasteiger partial charge on any atom is -0.339 e. The molecule has 0 atom stereocenters. The zero-order valence-electron chi connectivity index (χ0n) is 17.5. The van der Waals surface area contributed by atoms with E-state index in [0.717, 1.165) is 46.4 Å². The van der Waals surface area contributed by atoms with Crippen molar-refractivity contribution in [2.75, 3.05) is 0 Å². The Hall–Kier alpha value is -3.84. The second kappa shape index (κ2) is 8.12. The average molecular weight is 409 g/mol.